The summed E-state index contributed by atoms with van der Waals surface area (Å²) in [5, 5.41) is 19.2. The van der Waals surface area contributed by atoms with E-state index in [2.05, 4.69) is 24.0 Å². The summed E-state index contributed by atoms with van der Waals surface area (Å²) in [6.45, 7) is 6.54. The van der Waals surface area contributed by atoms with Crippen LogP contribution in [0.3, 0.4) is 0 Å². The fourth-order valence-electron chi connectivity index (χ4n) is 5.54. The number of carboxylic acids is 1. The third kappa shape index (κ3) is 6.48. The lowest BCUT2D eigenvalue weighted by Crippen LogP contribution is -2.10. The van der Waals surface area contributed by atoms with Crippen LogP contribution >= 0.6 is 22.0 Å². The SMILES string of the molecule is Cc1sc2c(c1C)C(c1ccc(-c3ccc(OCCCc4ccc(S(=O)(=O)Cl)cc4)cc3)cc1)=N[C@@H](CC(=O)O)c1nnc(C)n1-2. The molecule has 1 atom stereocenters. The average Bonchev–Trinajstić information content (AvgIpc) is 3.51. The van der Waals surface area contributed by atoms with E-state index in [1.165, 1.54) is 12.1 Å². The van der Waals surface area contributed by atoms with Crippen molar-refractivity contribution in [3.05, 3.63) is 112 Å². The topological polar surface area (TPSA) is 124 Å². The van der Waals surface area contributed by atoms with Gasteiger partial charge in [-0.25, -0.2) is 8.42 Å². The third-order valence-corrected chi connectivity index (χ3v) is 10.6. The number of aryl methyl sites for hydroxylation is 3. The average molecular weight is 675 g/mol. The number of carboxylic acid groups (broad SMARTS) is 1. The number of carbonyl (C=O) groups is 1. The van der Waals surface area contributed by atoms with Gasteiger partial charge in [0.15, 0.2) is 5.82 Å². The number of hydrogen-bond donors (Lipinski definition) is 1. The molecule has 0 aliphatic carbocycles. The number of benzene rings is 3. The van der Waals surface area contributed by atoms with E-state index in [0.29, 0.717) is 18.3 Å². The van der Waals surface area contributed by atoms with Crippen LogP contribution in [0, 0.1) is 20.8 Å². The second-order valence-electron chi connectivity index (χ2n) is 11.1. The molecular formula is C34H31ClN4O5S2. The van der Waals surface area contributed by atoms with Crippen LogP contribution in [0.2, 0.25) is 0 Å². The Kier molecular flexibility index (Phi) is 8.82. The van der Waals surface area contributed by atoms with Gasteiger partial charge in [-0.2, -0.15) is 0 Å². The monoisotopic (exact) mass is 674 g/mol. The van der Waals surface area contributed by atoms with Crippen LogP contribution in [0.15, 0.2) is 82.7 Å². The van der Waals surface area contributed by atoms with Crippen molar-refractivity contribution in [2.24, 2.45) is 4.99 Å². The molecule has 3 aromatic carbocycles. The van der Waals surface area contributed by atoms with E-state index < -0.39 is 21.1 Å². The highest BCUT2D eigenvalue weighted by Gasteiger charge is 2.32. The molecule has 0 amide bonds. The normalized spacial score (nSPS) is 14.3. The molecule has 0 radical (unpaired) electrons. The molecule has 3 heterocycles. The number of ether oxygens (including phenoxy) is 1. The summed E-state index contributed by atoms with van der Waals surface area (Å²) in [5.41, 5.74) is 6.81. The lowest BCUT2D eigenvalue weighted by molar-refractivity contribution is -0.137. The van der Waals surface area contributed by atoms with E-state index in [0.717, 1.165) is 67.6 Å². The van der Waals surface area contributed by atoms with E-state index in [4.69, 9.17) is 20.4 Å². The van der Waals surface area contributed by atoms with Crippen molar-refractivity contribution in [2.75, 3.05) is 6.61 Å². The van der Waals surface area contributed by atoms with E-state index in [9.17, 15) is 18.3 Å². The minimum Gasteiger partial charge on any atom is -0.494 e. The summed E-state index contributed by atoms with van der Waals surface area (Å²) < 4.78 is 30.7. The van der Waals surface area contributed by atoms with Gasteiger partial charge in [-0.05, 0) is 80.1 Å². The lowest BCUT2D eigenvalue weighted by Gasteiger charge is -2.12. The highest BCUT2D eigenvalue weighted by atomic mass is 35.7. The number of aliphatic imine (C=N–C) groups is 1. The molecule has 0 bridgehead atoms. The molecule has 2 aromatic heterocycles. The first-order chi connectivity index (χ1) is 22.0. The van der Waals surface area contributed by atoms with Crippen LogP contribution < -0.4 is 4.74 Å². The summed E-state index contributed by atoms with van der Waals surface area (Å²) in [6, 6.07) is 21.9. The molecule has 0 fully saturated rings. The minimum absolute atomic E-state index is 0.0921. The zero-order valence-corrected chi connectivity index (χ0v) is 27.8. The quantitative estimate of drug-likeness (QED) is 0.122. The Morgan fingerprint density at radius 2 is 1.57 bits per heavy atom. The van der Waals surface area contributed by atoms with Gasteiger partial charge in [-0.1, -0.05) is 48.5 Å². The third-order valence-electron chi connectivity index (χ3n) is 8.04. The number of thiophene rings is 1. The molecule has 1 N–H and O–H groups in total. The smallest absolute Gasteiger partial charge is 0.306 e. The maximum absolute atomic E-state index is 11.8. The fraction of sp³-hybridized carbons (Fsp3) is 0.235. The molecule has 1 aliphatic heterocycles. The van der Waals surface area contributed by atoms with Crippen LogP contribution in [0.1, 0.15) is 57.7 Å². The van der Waals surface area contributed by atoms with Gasteiger partial charge < -0.3 is 9.84 Å². The largest absolute Gasteiger partial charge is 0.494 e. The first-order valence-electron chi connectivity index (χ1n) is 14.7. The molecule has 9 nitrogen and oxygen atoms in total. The van der Waals surface area contributed by atoms with E-state index in [-0.39, 0.29) is 11.3 Å². The molecule has 46 heavy (non-hydrogen) atoms. The second-order valence-corrected chi connectivity index (χ2v) is 14.9. The van der Waals surface area contributed by atoms with Crippen molar-refractivity contribution in [3.8, 4) is 21.9 Å². The Balaban J connectivity index is 1.17. The number of hydrogen-bond acceptors (Lipinski definition) is 8. The van der Waals surface area contributed by atoms with Crippen molar-refractivity contribution in [1.82, 2.24) is 14.8 Å². The van der Waals surface area contributed by atoms with Gasteiger partial charge in [-0.15, -0.1) is 21.5 Å². The first kappa shape index (κ1) is 31.7. The molecule has 5 aromatic rings. The van der Waals surface area contributed by atoms with Gasteiger partial charge >= 0.3 is 5.97 Å². The van der Waals surface area contributed by atoms with Gasteiger partial charge in [0.2, 0.25) is 0 Å². The Morgan fingerprint density at radius 3 is 2.20 bits per heavy atom. The fourth-order valence-corrected chi connectivity index (χ4v) is 7.52. The Morgan fingerprint density at radius 1 is 0.935 bits per heavy atom. The summed E-state index contributed by atoms with van der Waals surface area (Å²) in [4.78, 5) is 18.1. The van der Waals surface area contributed by atoms with Gasteiger partial charge in [-0.3, -0.25) is 14.4 Å². The Bertz CT molecular complexity index is 2050. The van der Waals surface area contributed by atoms with Crippen LogP contribution in [-0.4, -0.2) is 46.6 Å². The Hall–Kier alpha value is -4.32. The number of aromatic nitrogens is 3. The molecule has 0 spiro atoms. The van der Waals surface area contributed by atoms with Gasteiger partial charge in [0.1, 0.15) is 22.6 Å². The van der Waals surface area contributed by atoms with Crippen molar-refractivity contribution >= 4 is 42.8 Å². The van der Waals surface area contributed by atoms with Gasteiger partial charge in [0, 0.05) is 26.7 Å². The first-order valence-corrected chi connectivity index (χ1v) is 17.8. The molecule has 236 valence electrons. The lowest BCUT2D eigenvalue weighted by atomic mass is 9.97. The van der Waals surface area contributed by atoms with Crippen LogP contribution in [0.5, 0.6) is 5.75 Å². The minimum atomic E-state index is -3.72. The number of aliphatic carboxylic acids is 1. The number of nitrogens with zero attached hydrogens (tertiary/aromatic N) is 4. The maximum Gasteiger partial charge on any atom is 0.306 e. The predicted octanol–water partition coefficient (Wildman–Crippen LogP) is 7.23. The van der Waals surface area contributed by atoms with E-state index >= 15 is 0 Å². The summed E-state index contributed by atoms with van der Waals surface area (Å²) in [5.74, 6) is 1.05. The zero-order valence-electron chi connectivity index (χ0n) is 25.4. The van der Waals surface area contributed by atoms with Crippen LogP contribution in [0.4, 0.5) is 0 Å². The molecule has 0 unspecified atom stereocenters. The summed E-state index contributed by atoms with van der Waals surface area (Å²) in [7, 11) is 1.66. The molecule has 0 saturated heterocycles. The summed E-state index contributed by atoms with van der Waals surface area (Å²) >= 11 is 1.64. The summed E-state index contributed by atoms with van der Waals surface area (Å²) in [6.07, 6.45) is 1.34. The van der Waals surface area contributed by atoms with E-state index in [1.54, 1.807) is 23.5 Å². The molecular weight excluding hydrogens is 644 g/mol. The molecule has 12 heteroatoms. The number of halogens is 1. The van der Waals surface area contributed by atoms with Crippen LogP contribution in [-0.2, 0) is 20.3 Å². The van der Waals surface area contributed by atoms with Crippen molar-refractivity contribution in [2.45, 2.75) is 51.0 Å². The number of fused-ring (bicyclic) bond motifs is 3. The van der Waals surface area contributed by atoms with E-state index in [1.807, 2.05) is 60.0 Å². The maximum atomic E-state index is 11.8. The molecule has 1 aliphatic rings. The van der Waals surface area contributed by atoms with Crippen LogP contribution in [0.25, 0.3) is 16.1 Å². The predicted molar refractivity (Wildman–Crippen MR) is 179 cm³/mol. The highest BCUT2D eigenvalue weighted by Crippen LogP contribution is 2.39. The second kappa shape index (κ2) is 12.8. The Labute approximate surface area is 275 Å². The van der Waals surface area contributed by atoms with Crippen molar-refractivity contribution < 1.29 is 23.1 Å². The zero-order chi connectivity index (χ0) is 32.6. The number of rotatable bonds is 10. The van der Waals surface area contributed by atoms with Gasteiger partial charge in [0.05, 0.1) is 23.6 Å². The van der Waals surface area contributed by atoms with Gasteiger partial charge in [0.25, 0.3) is 9.05 Å². The van der Waals surface area contributed by atoms with Crippen molar-refractivity contribution in [3.63, 3.8) is 0 Å². The highest BCUT2D eigenvalue weighted by molar-refractivity contribution is 8.13. The molecule has 0 saturated carbocycles. The van der Waals surface area contributed by atoms with Crippen molar-refractivity contribution in [1.29, 1.82) is 0 Å². The molecule has 6 rings (SSSR count). The standard InChI is InChI=1S/C34H31ClN4O5S2/c1-20-21(2)45-34-31(20)32(36-29(19-30(40)41)33-38-37-22(3)39(33)34)26-10-8-24(9-11-26)25-12-14-27(15-13-25)44-18-4-5-23-6-16-28(17-7-23)46(35,42)43/h6-17,29H,4-5,18-19H2,1-3H3,(H,40,41)/t29-/m0/s1.